The van der Waals surface area contributed by atoms with Crippen LogP contribution in [0.5, 0.6) is 0 Å². The van der Waals surface area contributed by atoms with Crippen molar-refractivity contribution in [3.63, 3.8) is 0 Å². The van der Waals surface area contributed by atoms with E-state index in [9.17, 15) is 0 Å². The Labute approximate surface area is 75.2 Å². The summed E-state index contributed by atoms with van der Waals surface area (Å²) in [7, 11) is 0. The summed E-state index contributed by atoms with van der Waals surface area (Å²) in [4.78, 5) is 3.28. The predicted octanol–water partition coefficient (Wildman–Crippen LogP) is 3.30. The van der Waals surface area contributed by atoms with E-state index < -0.39 is 0 Å². The van der Waals surface area contributed by atoms with E-state index in [1.54, 1.807) is 0 Å². The van der Waals surface area contributed by atoms with Gasteiger partial charge in [0, 0.05) is 11.9 Å². The molecule has 1 aromatic heterocycles. The summed E-state index contributed by atoms with van der Waals surface area (Å²) >= 11 is 0. The maximum atomic E-state index is 3.28. The first-order valence-electron chi connectivity index (χ1n) is 4.61. The Morgan fingerprint density at radius 2 is 2.00 bits per heavy atom. The van der Waals surface area contributed by atoms with Crippen LogP contribution in [0.2, 0.25) is 0 Å². The number of H-pyrrole nitrogens is 1. The first kappa shape index (κ1) is 9.37. The van der Waals surface area contributed by atoms with Gasteiger partial charge in [0.25, 0.3) is 0 Å². The van der Waals surface area contributed by atoms with Gasteiger partial charge in [-0.05, 0) is 36.8 Å². The van der Waals surface area contributed by atoms with Crippen LogP contribution >= 0.6 is 0 Å². The number of hydrogen-bond acceptors (Lipinski definition) is 0. The van der Waals surface area contributed by atoms with Crippen LogP contribution in [0.25, 0.3) is 0 Å². The van der Waals surface area contributed by atoms with E-state index in [1.807, 2.05) is 0 Å². The molecular formula is C11H19N. The largest absolute Gasteiger partial charge is 0.365 e. The summed E-state index contributed by atoms with van der Waals surface area (Å²) in [6.45, 7) is 8.96. The standard InChI is InChI=1S/C11H19N/c1-9-7-10(12-8-9)5-6-11(2,3)4/h7-8,12H,5-6H2,1-4H3. The van der Waals surface area contributed by atoms with Gasteiger partial charge in [0.05, 0.1) is 0 Å². The molecule has 0 bridgehead atoms. The quantitative estimate of drug-likeness (QED) is 0.692. The van der Waals surface area contributed by atoms with E-state index in [2.05, 4.69) is 44.9 Å². The number of aromatic nitrogens is 1. The monoisotopic (exact) mass is 165 g/mol. The second-order valence-electron chi connectivity index (χ2n) is 4.76. The highest BCUT2D eigenvalue weighted by Gasteiger charge is 2.10. The Morgan fingerprint density at radius 1 is 1.33 bits per heavy atom. The molecule has 0 aromatic carbocycles. The summed E-state index contributed by atoms with van der Waals surface area (Å²) in [6.07, 6.45) is 4.47. The molecule has 0 aliphatic carbocycles. The zero-order valence-electron chi connectivity index (χ0n) is 8.57. The molecule has 0 unspecified atom stereocenters. The van der Waals surface area contributed by atoms with Crippen molar-refractivity contribution in [1.82, 2.24) is 4.98 Å². The average molecular weight is 165 g/mol. The molecule has 0 aliphatic rings. The molecule has 0 spiro atoms. The first-order chi connectivity index (χ1) is 5.47. The zero-order chi connectivity index (χ0) is 9.19. The van der Waals surface area contributed by atoms with Crippen LogP contribution in [0.15, 0.2) is 12.3 Å². The molecule has 0 saturated heterocycles. The van der Waals surface area contributed by atoms with Gasteiger partial charge in [-0.3, -0.25) is 0 Å². The van der Waals surface area contributed by atoms with Gasteiger partial charge < -0.3 is 4.98 Å². The molecule has 1 heteroatoms. The van der Waals surface area contributed by atoms with Gasteiger partial charge in [-0.15, -0.1) is 0 Å². The molecule has 0 fully saturated rings. The Bertz CT molecular complexity index is 240. The Balaban J connectivity index is 2.44. The molecule has 0 saturated carbocycles. The van der Waals surface area contributed by atoms with Gasteiger partial charge in [0.15, 0.2) is 0 Å². The van der Waals surface area contributed by atoms with E-state index >= 15 is 0 Å². The molecule has 12 heavy (non-hydrogen) atoms. The topological polar surface area (TPSA) is 15.8 Å². The number of rotatable bonds is 2. The maximum absolute atomic E-state index is 3.28. The molecule has 0 aliphatic heterocycles. The summed E-state index contributed by atoms with van der Waals surface area (Å²) in [5, 5.41) is 0. The van der Waals surface area contributed by atoms with Crippen LogP contribution < -0.4 is 0 Å². The van der Waals surface area contributed by atoms with E-state index in [1.165, 1.54) is 17.7 Å². The van der Waals surface area contributed by atoms with Crippen molar-refractivity contribution >= 4 is 0 Å². The van der Waals surface area contributed by atoms with Crippen LogP contribution in [0.4, 0.5) is 0 Å². The Morgan fingerprint density at radius 3 is 2.42 bits per heavy atom. The average Bonchev–Trinajstić information content (AvgIpc) is 2.30. The fourth-order valence-corrected chi connectivity index (χ4v) is 1.22. The number of nitrogens with one attached hydrogen (secondary N) is 1. The van der Waals surface area contributed by atoms with Gasteiger partial charge in [0.1, 0.15) is 0 Å². The minimum Gasteiger partial charge on any atom is -0.365 e. The molecule has 1 heterocycles. The fraction of sp³-hybridized carbons (Fsp3) is 0.636. The van der Waals surface area contributed by atoms with Gasteiger partial charge in [0.2, 0.25) is 0 Å². The molecule has 0 radical (unpaired) electrons. The van der Waals surface area contributed by atoms with E-state index in [-0.39, 0.29) is 0 Å². The Kier molecular flexibility index (Phi) is 2.61. The molecule has 1 rings (SSSR count). The minimum atomic E-state index is 0.443. The lowest BCUT2D eigenvalue weighted by Gasteiger charge is -2.16. The summed E-state index contributed by atoms with van der Waals surface area (Å²) in [6, 6.07) is 2.23. The van der Waals surface area contributed by atoms with Crippen molar-refractivity contribution in [3.8, 4) is 0 Å². The number of aryl methyl sites for hydroxylation is 2. The normalized spacial score (nSPS) is 12.0. The van der Waals surface area contributed by atoms with Gasteiger partial charge in [-0.2, -0.15) is 0 Å². The lowest BCUT2D eigenvalue weighted by Crippen LogP contribution is -2.06. The van der Waals surface area contributed by atoms with Crippen molar-refractivity contribution in [2.45, 2.75) is 40.5 Å². The molecule has 0 amide bonds. The number of hydrogen-bond donors (Lipinski definition) is 1. The van der Waals surface area contributed by atoms with Gasteiger partial charge in [-0.25, -0.2) is 0 Å². The summed E-state index contributed by atoms with van der Waals surface area (Å²) < 4.78 is 0. The maximum Gasteiger partial charge on any atom is 0.0150 e. The SMILES string of the molecule is Cc1c[nH]c(CCC(C)(C)C)c1. The Hall–Kier alpha value is -0.720. The first-order valence-corrected chi connectivity index (χ1v) is 4.61. The third-order valence-corrected chi connectivity index (χ3v) is 2.03. The van der Waals surface area contributed by atoms with Crippen LogP contribution in [0.3, 0.4) is 0 Å². The third kappa shape index (κ3) is 3.12. The van der Waals surface area contributed by atoms with E-state index in [0.29, 0.717) is 5.41 Å². The lowest BCUT2D eigenvalue weighted by molar-refractivity contribution is 0.377. The van der Waals surface area contributed by atoms with Crippen LogP contribution in [-0.2, 0) is 6.42 Å². The molecule has 1 N–H and O–H groups in total. The molecule has 68 valence electrons. The second-order valence-corrected chi connectivity index (χ2v) is 4.76. The van der Waals surface area contributed by atoms with Gasteiger partial charge in [-0.1, -0.05) is 20.8 Å². The second kappa shape index (κ2) is 3.34. The summed E-state index contributed by atoms with van der Waals surface area (Å²) in [5.74, 6) is 0. The molecule has 1 nitrogen and oxygen atoms in total. The lowest BCUT2D eigenvalue weighted by atomic mass is 9.90. The van der Waals surface area contributed by atoms with Crippen molar-refractivity contribution in [2.24, 2.45) is 5.41 Å². The highest BCUT2D eigenvalue weighted by molar-refractivity contribution is 5.14. The fourth-order valence-electron chi connectivity index (χ4n) is 1.22. The van der Waals surface area contributed by atoms with Crippen molar-refractivity contribution in [3.05, 3.63) is 23.5 Å². The molecular weight excluding hydrogens is 146 g/mol. The predicted molar refractivity (Wildman–Crippen MR) is 53.3 cm³/mol. The zero-order valence-corrected chi connectivity index (χ0v) is 8.57. The van der Waals surface area contributed by atoms with E-state index in [0.717, 1.165) is 6.42 Å². The van der Waals surface area contributed by atoms with Gasteiger partial charge >= 0.3 is 0 Å². The van der Waals surface area contributed by atoms with Crippen molar-refractivity contribution < 1.29 is 0 Å². The third-order valence-electron chi connectivity index (χ3n) is 2.03. The molecule has 0 atom stereocenters. The number of aromatic amines is 1. The highest BCUT2D eigenvalue weighted by Crippen LogP contribution is 2.21. The smallest absolute Gasteiger partial charge is 0.0150 e. The minimum absolute atomic E-state index is 0.443. The molecule has 1 aromatic rings. The van der Waals surface area contributed by atoms with Crippen LogP contribution in [-0.4, -0.2) is 4.98 Å². The highest BCUT2D eigenvalue weighted by atomic mass is 14.7. The summed E-state index contributed by atoms with van der Waals surface area (Å²) in [5.41, 5.74) is 3.14. The van der Waals surface area contributed by atoms with Crippen molar-refractivity contribution in [2.75, 3.05) is 0 Å². The van der Waals surface area contributed by atoms with Crippen LogP contribution in [0.1, 0.15) is 38.4 Å². The van der Waals surface area contributed by atoms with Crippen molar-refractivity contribution in [1.29, 1.82) is 0 Å². The van der Waals surface area contributed by atoms with E-state index in [4.69, 9.17) is 0 Å². The van der Waals surface area contributed by atoms with Crippen LogP contribution in [0, 0.1) is 12.3 Å².